The largest absolute Gasteiger partial charge is 0.480 e. The van der Waals surface area contributed by atoms with Crippen LogP contribution in [0.4, 0.5) is 0 Å². The Labute approximate surface area is 75.8 Å². The monoisotopic (exact) mass is 181 g/mol. The standard InChI is InChI=1S/C9H11NO3/c1-6(9(12)13)10-4-3-8(5-10)7(2)11/h3-6H,1-2H3,(H,12,13). The first-order valence-electron chi connectivity index (χ1n) is 3.93. The number of ketones is 1. The molecule has 0 radical (unpaired) electrons. The van der Waals surface area contributed by atoms with Gasteiger partial charge >= 0.3 is 5.97 Å². The molecule has 4 nitrogen and oxygen atoms in total. The van der Waals surface area contributed by atoms with Crippen LogP contribution >= 0.6 is 0 Å². The van der Waals surface area contributed by atoms with E-state index in [0.717, 1.165) is 0 Å². The normalized spacial score (nSPS) is 12.5. The molecule has 0 saturated carbocycles. The first-order valence-corrected chi connectivity index (χ1v) is 3.93. The molecular formula is C9H11NO3. The molecule has 0 saturated heterocycles. The number of aliphatic carboxylic acids is 1. The maximum atomic E-state index is 10.9. The van der Waals surface area contributed by atoms with Crippen LogP contribution < -0.4 is 0 Å². The summed E-state index contributed by atoms with van der Waals surface area (Å²) in [7, 11) is 0. The fourth-order valence-corrected chi connectivity index (χ4v) is 0.990. The number of rotatable bonds is 3. The highest BCUT2D eigenvalue weighted by Gasteiger charge is 2.13. The SMILES string of the molecule is CC(=O)c1ccn(C(C)C(=O)O)c1. The van der Waals surface area contributed by atoms with E-state index in [0.29, 0.717) is 5.56 Å². The Bertz CT molecular complexity index is 340. The molecule has 1 unspecified atom stereocenters. The van der Waals surface area contributed by atoms with Gasteiger partial charge in [-0.1, -0.05) is 0 Å². The van der Waals surface area contributed by atoms with Gasteiger partial charge in [0.1, 0.15) is 6.04 Å². The molecule has 13 heavy (non-hydrogen) atoms. The van der Waals surface area contributed by atoms with Crippen LogP contribution in [0.3, 0.4) is 0 Å². The van der Waals surface area contributed by atoms with Gasteiger partial charge in [-0.3, -0.25) is 4.79 Å². The highest BCUT2D eigenvalue weighted by atomic mass is 16.4. The van der Waals surface area contributed by atoms with Gasteiger partial charge in [0.15, 0.2) is 5.78 Å². The summed E-state index contributed by atoms with van der Waals surface area (Å²) in [5.74, 6) is -0.970. The first-order chi connectivity index (χ1) is 6.02. The van der Waals surface area contributed by atoms with E-state index in [1.807, 2.05) is 0 Å². The zero-order chi connectivity index (χ0) is 10.0. The summed E-state index contributed by atoms with van der Waals surface area (Å²) in [4.78, 5) is 21.5. The summed E-state index contributed by atoms with van der Waals surface area (Å²) in [6.07, 6.45) is 3.14. The number of carboxylic acid groups (broad SMARTS) is 1. The minimum absolute atomic E-state index is 0.0589. The van der Waals surface area contributed by atoms with Crippen molar-refractivity contribution < 1.29 is 14.7 Å². The van der Waals surface area contributed by atoms with Crippen molar-refractivity contribution in [1.29, 1.82) is 0 Å². The van der Waals surface area contributed by atoms with Gasteiger partial charge in [0, 0.05) is 18.0 Å². The predicted octanol–water partition coefficient (Wildman–Crippen LogP) is 1.34. The molecule has 1 aromatic heterocycles. The third-order valence-corrected chi connectivity index (χ3v) is 1.93. The maximum absolute atomic E-state index is 10.9. The molecule has 0 aliphatic rings. The van der Waals surface area contributed by atoms with Gasteiger partial charge in [-0.05, 0) is 19.9 Å². The highest BCUT2D eigenvalue weighted by Crippen LogP contribution is 2.09. The van der Waals surface area contributed by atoms with Crippen molar-refractivity contribution in [3.8, 4) is 0 Å². The minimum atomic E-state index is -0.911. The second-order valence-electron chi connectivity index (χ2n) is 2.92. The third-order valence-electron chi connectivity index (χ3n) is 1.93. The van der Waals surface area contributed by atoms with Gasteiger partial charge in [-0.25, -0.2) is 4.79 Å². The molecule has 0 aliphatic carbocycles. The van der Waals surface area contributed by atoms with Crippen molar-refractivity contribution in [3.05, 3.63) is 24.0 Å². The second-order valence-corrected chi connectivity index (χ2v) is 2.92. The van der Waals surface area contributed by atoms with E-state index in [-0.39, 0.29) is 5.78 Å². The summed E-state index contributed by atoms with van der Waals surface area (Å²) in [5, 5.41) is 8.68. The topological polar surface area (TPSA) is 59.3 Å². The quantitative estimate of drug-likeness (QED) is 0.716. The molecule has 0 bridgehead atoms. The van der Waals surface area contributed by atoms with Gasteiger partial charge in [0.25, 0.3) is 0 Å². The van der Waals surface area contributed by atoms with E-state index < -0.39 is 12.0 Å². The van der Waals surface area contributed by atoms with E-state index >= 15 is 0 Å². The molecule has 0 fully saturated rings. The zero-order valence-corrected chi connectivity index (χ0v) is 7.52. The lowest BCUT2D eigenvalue weighted by molar-refractivity contribution is -0.140. The lowest BCUT2D eigenvalue weighted by Gasteiger charge is -2.06. The van der Waals surface area contributed by atoms with Crippen molar-refractivity contribution in [2.24, 2.45) is 0 Å². The van der Waals surface area contributed by atoms with Gasteiger partial charge in [0.05, 0.1) is 0 Å². The summed E-state index contributed by atoms with van der Waals surface area (Å²) in [5.41, 5.74) is 0.535. The highest BCUT2D eigenvalue weighted by molar-refractivity contribution is 5.93. The minimum Gasteiger partial charge on any atom is -0.480 e. The lowest BCUT2D eigenvalue weighted by Crippen LogP contribution is -2.13. The fraction of sp³-hybridized carbons (Fsp3) is 0.333. The summed E-state index contributed by atoms with van der Waals surface area (Å²) >= 11 is 0. The Kier molecular flexibility index (Phi) is 2.51. The van der Waals surface area contributed by atoms with Crippen molar-refractivity contribution in [1.82, 2.24) is 4.57 Å². The van der Waals surface area contributed by atoms with Crippen LogP contribution in [0.5, 0.6) is 0 Å². The first kappa shape index (κ1) is 9.51. The van der Waals surface area contributed by atoms with Crippen LogP contribution in [0.15, 0.2) is 18.5 Å². The molecule has 4 heteroatoms. The molecule has 0 aromatic carbocycles. The van der Waals surface area contributed by atoms with Gasteiger partial charge in [-0.2, -0.15) is 0 Å². The zero-order valence-electron chi connectivity index (χ0n) is 7.52. The molecule has 0 aliphatic heterocycles. The predicted molar refractivity (Wildman–Crippen MR) is 46.8 cm³/mol. The average molecular weight is 181 g/mol. The number of aromatic nitrogens is 1. The van der Waals surface area contributed by atoms with Gasteiger partial charge in [-0.15, -0.1) is 0 Å². The van der Waals surface area contributed by atoms with Crippen molar-refractivity contribution in [2.75, 3.05) is 0 Å². The fourth-order valence-electron chi connectivity index (χ4n) is 0.990. The Balaban J connectivity index is 2.91. The average Bonchev–Trinajstić information content (AvgIpc) is 2.50. The van der Waals surface area contributed by atoms with Crippen LogP contribution in [0, 0.1) is 0 Å². The molecule has 1 aromatic rings. The molecule has 1 rings (SSSR count). The number of nitrogens with zero attached hydrogens (tertiary/aromatic N) is 1. The number of carbonyl (C=O) groups is 2. The lowest BCUT2D eigenvalue weighted by atomic mass is 10.2. The van der Waals surface area contributed by atoms with Crippen LogP contribution in [-0.2, 0) is 4.79 Å². The summed E-state index contributed by atoms with van der Waals surface area (Å²) in [6, 6.07) is 0.981. The van der Waals surface area contributed by atoms with Crippen LogP contribution in [0.1, 0.15) is 30.2 Å². The number of hydrogen-bond donors (Lipinski definition) is 1. The summed E-state index contributed by atoms with van der Waals surface area (Å²) < 4.78 is 1.50. The van der Waals surface area contributed by atoms with E-state index in [1.165, 1.54) is 11.5 Å². The molecule has 1 atom stereocenters. The smallest absolute Gasteiger partial charge is 0.326 e. The Morgan fingerprint density at radius 1 is 1.54 bits per heavy atom. The van der Waals surface area contributed by atoms with Crippen LogP contribution in [-0.4, -0.2) is 21.4 Å². The third kappa shape index (κ3) is 1.96. The Hall–Kier alpha value is -1.58. The number of carboxylic acids is 1. The van der Waals surface area contributed by atoms with E-state index in [9.17, 15) is 9.59 Å². The van der Waals surface area contributed by atoms with Crippen molar-refractivity contribution in [3.63, 3.8) is 0 Å². The Morgan fingerprint density at radius 3 is 2.54 bits per heavy atom. The van der Waals surface area contributed by atoms with Crippen LogP contribution in [0.25, 0.3) is 0 Å². The molecular weight excluding hydrogens is 170 g/mol. The van der Waals surface area contributed by atoms with Gasteiger partial charge < -0.3 is 9.67 Å². The molecule has 1 N–H and O–H groups in total. The molecule has 1 heterocycles. The molecule has 0 amide bonds. The van der Waals surface area contributed by atoms with E-state index in [4.69, 9.17) is 5.11 Å². The van der Waals surface area contributed by atoms with Gasteiger partial charge in [0.2, 0.25) is 0 Å². The van der Waals surface area contributed by atoms with Crippen molar-refractivity contribution in [2.45, 2.75) is 19.9 Å². The molecule has 0 spiro atoms. The van der Waals surface area contributed by atoms with Crippen molar-refractivity contribution >= 4 is 11.8 Å². The maximum Gasteiger partial charge on any atom is 0.326 e. The number of hydrogen-bond acceptors (Lipinski definition) is 2. The van der Waals surface area contributed by atoms with E-state index in [1.54, 1.807) is 25.4 Å². The number of carbonyl (C=O) groups excluding carboxylic acids is 1. The second kappa shape index (κ2) is 3.43. The number of Topliss-reactive ketones (excluding diaryl/α,β-unsaturated/α-hetero) is 1. The van der Waals surface area contributed by atoms with Crippen LogP contribution in [0.2, 0.25) is 0 Å². The Morgan fingerprint density at radius 2 is 2.15 bits per heavy atom. The van der Waals surface area contributed by atoms with E-state index in [2.05, 4.69) is 0 Å². The summed E-state index contributed by atoms with van der Waals surface area (Å²) in [6.45, 7) is 3.01. The molecule has 70 valence electrons.